The Hall–Kier alpha value is -1.90. The van der Waals surface area contributed by atoms with Gasteiger partial charge in [-0.05, 0) is 24.6 Å². The van der Waals surface area contributed by atoms with Crippen LogP contribution in [0.2, 0.25) is 0 Å². The van der Waals surface area contributed by atoms with Gasteiger partial charge in [0.05, 0.1) is 24.8 Å². The highest BCUT2D eigenvalue weighted by molar-refractivity contribution is 5.89. The number of ether oxygens (including phenoxy) is 2. The van der Waals surface area contributed by atoms with Gasteiger partial charge < -0.3 is 14.6 Å². The molecule has 0 fully saturated rings. The molecule has 1 N–H and O–H groups in total. The van der Waals surface area contributed by atoms with Crippen LogP contribution < -0.4 is 0 Å². The second kappa shape index (κ2) is 7.04. The van der Waals surface area contributed by atoms with Crippen LogP contribution in [0, 0.1) is 17.7 Å². The van der Waals surface area contributed by atoms with Crippen molar-refractivity contribution in [2.24, 2.45) is 0 Å². The topological polar surface area (TPSA) is 55.8 Å². The van der Waals surface area contributed by atoms with E-state index in [4.69, 9.17) is 4.74 Å². The van der Waals surface area contributed by atoms with Crippen LogP contribution in [0.3, 0.4) is 0 Å². The quantitative estimate of drug-likeness (QED) is 0.674. The van der Waals surface area contributed by atoms with Crippen LogP contribution in [0.15, 0.2) is 18.2 Å². The van der Waals surface area contributed by atoms with E-state index < -0.39 is 17.4 Å². The van der Waals surface area contributed by atoms with Crippen molar-refractivity contribution in [2.45, 2.75) is 18.9 Å². The van der Waals surface area contributed by atoms with Gasteiger partial charge in [-0.3, -0.25) is 0 Å². The highest BCUT2D eigenvalue weighted by atomic mass is 19.1. The molecule has 0 amide bonds. The maximum Gasteiger partial charge on any atom is 0.337 e. The molecule has 5 heteroatoms. The lowest BCUT2D eigenvalue weighted by Gasteiger charge is -2.18. The third kappa shape index (κ3) is 4.05. The van der Waals surface area contributed by atoms with Gasteiger partial charge in [0.25, 0.3) is 0 Å². The molecule has 0 aliphatic heterocycles. The van der Waals surface area contributed by atoms with E-state index in [-0.39, 0.29) is 17.7 Å². The van der Waals surface area contributed by atoms with Crippen molar-refractivity contribution in [3.8, 4) is 11.8 Å². The summed E-state index contributed by atoms with van der Waals surface area (Å²) >= 11 is 0. The van der Waals surface area contributed by atoms with Crippen molar-refractivity contribution in [1.82, 2.24) is 0 Å². The Morgan fingerprint density at radius 1 is 1.45 bits per heavy atom. The molecule has 4 nitrogen and oxygen atoms in total. The Kier molecular flexibility index (Phi) is 5.68. The fourth-order valence-electron chi connectivity index (χ4n) is 1.51. The second-order valence-corrected chi connectivity index (χ2v) is 4.25. The van der Waals surface area contributed by atoms with Crippen LogP contribution in [-0.2, 0) is 9.47 Å². The Balaban J connectivity index is 3.03. The number of halogens is 1. The molecule has 0 heterocycles. The summed E-state index contributed by atoms with van der Waals surface area (Å²) in [5, 5.41) is 10.1. The number of benzene rings is 1. The molecule has 0 saturated carbocycles. The molecule has 0 aliphatic rings. The zero-order valence-corrected chi connectivity index (χ0v) is 11.7. The molecular weight excluding hydrogens is 263 g/mol. The minimum absolute atomic E-state index is 0.0400. The summed E-state index contributed by atoms with van der Waals surface area (Å²) in [5.41, 5.74) is -1.11. The first-order valence-electron chi connectivity index (χ1n) is 6.08. The fourth-order valence-corrected chi connectivity index (χ4v) is 1.51. The molecular formula is C15H17FO4. The Morgan fingerprint density at radius 3 is 2.65 bits per heavy atom. The Morgan fingerprint density at radius 2 is 2.15 bits per heavy atom. The molecule has 1 atom stereocenters. The summed E-state index contributed by atoms with van der Waals surface area (Å²) in [6, 6.07) is 3.84. The predicted octanol–water partition coefficient (Wildman–Crippen LogP) is 1.75. The van der Waals surface area contributed by atoms with Gasteiger partial charge in [-0.2, -0.15) is 0 Å². The molecule has 108 valence electrons. The fraction of sp³-hybridized carbons (Fsp3) is 0.400. The van der Waals surface area contributed by atoms with Crippen LogP contribution >= 0.6 is 0 Å². The number of aliphatic hydroxyl groups is 1. The van der Waals surface area contributed by atoms with Crippen molar-refractivity contribution >= 4 is 5.97 Å². The van der Waals surface area contributed by atoms with E-state index in [9.17, 15) is 14.3 Å². The Bertz CT molecular complexity index is 545. The third-order valence-electron chi connectivity index (χ3n) is 2.79. The molecule has 1 rings (SSSR count). The lowest BCUT2D eigenvalue weighted by molar-refractivity contribution is 0.0111. The standard InChI is InChI=1S/C15H17FO4/c1-4-15(18,10-19-2)8-7-11-5-6-12(9-13(11)16)14(17)20-3/h5-6,9,18H,4,10H2,1-3H3. The van der Waals surface area contributed by atoms with Gasteiger partial charge in [0.2, 0.25) is 0 Å². The molecule has 0 aromatic heterocycles. The van der Waals surface area contributed by atoms with E-state index in [0.29, 0.717) is 6.42 Å². The van der Waals surface area contributed by atoms with Crippen molar-refractivity contribution in [1.29, 1.82) is 0 Å². The third-order valence-corrected chi connectivity index (χ3v) is 2.79. The zero-order chi connectivity index (χ0) is 15.2. The monoisotopic (exact) mass is 280 g/mol. The zero-order valence-electron chi connectivity index (χ0n) is 11.7. The van der Waals surface area contributed by atoms with Crippen LogP contribution in [0.4, 0.5) is 4.39 Å². The van der Waals surface area contributed by atoms with Gasteiger partial charge >= 0.3 is 5.97 Å². The van der Waals surface area contributed by atoms with Crippen LogP contribution in [0.1, 0.15) is 29.3 Å². The highest BCUT2D eigenvalue weighted by Crippen LogP contribution is 2.13. The molecule has 1 aromatic rings. The van der Waals surface area contributed by atoms with E-state index in [1.807, 2.05) is 0 Å². The average molecular weight is 280 g/mol. The Labute approximate surface area is 117 Å². The number of hydrogen-bond donors (Lipinski definition) is 1. The number of rotatable bonds is 4. The van der Waals surface area contributed by atoms with Gasteiger partial charge in [-0.15, -0.1) is 0 Å². The summed E-state index contributed by atoms with van der Waals surface area (Å²) in [6.07, 6.45) is 0.357. The maximum atomic E-state index is 13.8. The number of methoxy groups -OCH3 is 2. The first kappa shape index (κ1) is 16.2. The van der Waals surface area contributed by atoms with Crippen LogP contribution in [0.5, 0.6) is 0 Å². The van der Waals surface area contributed by atoms with E-state index in [1.165, 1.54) is 26.4 Å². The van der Waals surface area contributed by atoms with Crippen LogP contribution in [-0.4, -0.2) is 37.5 Å². The van der Waals surface area contributed by atoms with E-state index >= 15 is 0 Å². The number of esters is 1. The number of carbonyl (C=O) groups is 1. The lowest BCUT2D eigenvalue weighted by atomic mass is 10.0. The van der Waals surface area contributed by atoms with Gasteiger partial charge in [-0.1, -0.05) is 18.8 Å². The molecule has 0 aliphatic carbocycles. The molecule has 1 aromatic carbocycles. The summed E-state index contributed by atoms with van der Waals surface area (Å²) in [6.45, 7) is 1.79. The van der Waals surface area contributed by atoms with Gasteiger partial charge in [0, 0.05) is 7.11 Å². The summed E-state index contributed by atoms with van der Waals surface area (Å²) < 4.78 is 23.2. The van der Waals surface area contributed by atoms with Crippen molar-refractivity contribution in [3.05, 3.63) is 35.1 Å². The largest absolute Gasteiger partial charge is 0.465 e. The lowest BCUT2D eigenvalue weighted by Crippen LogP contribution is -2.31. The van der Waals surface area contributed by atoms with Crippen molar-refractivity contribution in [3.63, 3.8) is 0 Å². The van der Waals surface area contributed by atoms with Gasteiger partial charge in [0.15, 0.2) is 0 Å². The molecule has 1 unspecified atom stereocenters. The number of hydrogen-bond acceptors (Lipinski definition) is 4. The SMILES string of the molecule is CCC(O)(C#Cc1ccc(C(=O)OC)cc1F)COC. The maximum absolute atomic E-state index is 13.8. The molecule has 0 saturated heterocycles. The molecule has 0 radical (unpaired) electrons. The summed E-state index contributed by atoms with van der Waals surface area (Å²) in [5.74, 6) is 3.90. The molecule has 0 spiro atoms. The van der Waals surface area contributed by atoms with Crippen molar-refractivity contribution in [2.75, 3.05) is 20.8 Å². The second-order valence-electron chi connectivity index (χ2n) is 4.25. The van der Waals surface area contributed by atoms with Crippen LogP contribution in [0.25, 0.3) is 0 Å². The van der Waals surface area contributed by atoms with Gasteiger partial charge in [-0.25, -0.2) is 9.18 Å². The normalized spacial score (nSPS) is 13.1. The summed E-state index contributed by atoms with van der Waals surface area (Å²) in [4.78, 5) is 11.2. The highest BCUT2D eigenvalue weighted by Gasteiger charge is 2.21. The van der Waals surface area contributed by atoms with E-state index in [0.717, 1.165) is 6.07 Å². The minimum atomic E-state index is -1.32. The smallest absolute Gasteiger partial charge is 0.337 e. The van der Waals surface area contributed by atoms with E-state index in [1.54, 1.807) is 6.92 Å². The number of carbonyl (C=O) groups excluding carboxylic acids is 1. The van der Waals surface area contributed by atoms with Crippen molar-refractivity contribution < 1.29 is 23.8 Å². The molecule has 0 bridgehead atoms. The average Bonchev–Trinajstić information content (AvgIpc) is 2.45. The first-order valence-corrected chi connectivity index (χ1v) is 6.08. The van der Waals surface area contributed by atoms with E-state index in [2.05, 4.69) is 16.6 Å². The molecule has 20 heavy (non-hydrogen) atoms. The minimum Gasteiger partial charge on any atom is -0.465 e. The first-order chi connectivity index (χ1) is 9.45. The predicted molar refractivity (Wildman–Crippen MR) is 71.7 cm³/mol. The van der Waals surface area contributed by atoms with Gasteiger partial charge in [0.1, 0.15) is 11.4 Å². The summed E-state index contributed by atoms with van der Waals surface area (Å²) in [7, 11) is 2.67.